The number of halogens is 1. The number of nitrogens with zero attached hydrogens (tertiary/aromatic N) is 3. The van der Waals surface area contributed by atoms with Crippen molar-refractivity contribution in [2.24, 2.45) is 10.9 Å². The van der Waals surface area contributed by atoms with Crippen molar-refractivity contribution in [3.63, 3.8) is 0 Å². The number of thiazole rings is 1. The van der Waals surface area contributed by atoms with Gasteiger partial charge >= 0.3 is 6.09 Å². The number of carbonyl (C=O) groups is 1. The monoisotopic (exact) mass is 497 g/mol. The lowest BCUT2D eigenvalue weighted by Crippen LogP contribution is -2.48. The van der Waals surface area contributed by atoms with Crippen LogP contribution < -0.4 is 10.6 Å². The van der Waals surface area contributed by atoms with E-state index in [1.807, 2.05) is 18.9 Å². The lowest BCUT2D eigenvalue weighted by Gasteiger charge is -2.25. The van der Waals surface area contributed by atoms with Crippen LogP contribution in [0.3, 0.4) is 0 Å². The molecule has 150 valence electrons. The summed E-state index contributed by atoms with van der Waals surface area (Å²) in [7, 11) is 3.72. The van der Waals surface area contributed by atoms with Crippen LogP contribution in [0, 0.1) is 12.8 Å². The topological polar surface area (TPSA) is 78.8 Å². The number of aliphatic imine (C=N–C) groups is 1. The minimum Gasteiger partial charge on any atom is -0.450 e. The average molecular weight is 497 g/mol. The Morgan fingerprint density at radius 1 is 1.46 bits per heavy atom. The molecule has 0 saturated heterocycles. The Balaban J connectivity index is 0.00000625. The predicted molar refractivity (Wildman–Crippen MR) is 118 cm³/mol. The maximum absolute atomic E-state index is 11.7. The Hall–Kier alpha value is -1.10. The van der Waals surface area contributed by atoms with E-state index in [0.29, 0.717) is 25.6 Å². The van der Waals surface area contributed by atoms with Crippen molar-refractivity contribution in [3.05, 3.63) is 16.1 Å². The minimum absolute atomic E-state index is 0. The van der Waals surface area contributed by atoms with Crippen molar-refractivity contribution < 1.29 is 9.53 Å². The molecule has 0 aliphatic heterocycles. The first kappa shape index (κ1) is 24.9. The third-order valence-corrected chi connectivity index (χ3v) is 4.32. The van der Waals surface area contributed by atoms with Crippen molar-refractivity contribution in [3.8, 4) is 0 Å². The zero-order valence-corrected chi connectivity index (χ0v) is 19.7. The molecule has 0 saturated carbocycles. The van der Waals surface area contributed by atoms with Gasteiger partial charge < -0.3 is 20.3 Å². The number of carbonyl (C=O) groups excluding carboxylic acids is 1. The number of alkyl carbamates (subject to hydrolysis) is 1. The van der Waals surface area contributed by atoms with E-state index >= 15 is 0 Å². The van der Waals surface area contributed by atoms with Crippen molar-refractivity contribution in [2.75, 3.05) is 27.2 Å². The van der Waals surface area contributed by atoms with Gasteiger partial charge in [0.1, 0.15) is 0 Å². The second kappa shape index (κ2) is 13.1. The molecule has 0 radical (unpaired) electrons. The van der Waals surface area contributed by atoms with E-state index in [0.717, 1.165) is 23.1 Å². The van der Waals surface area contributed by atoms with Crippen LogP contribution in [0.15, 0.2) is 10.4 Å². The Morgan fingerprint density at radius 3 is 2.65 bits per heavy atom. The molecular weight excluding hydrogens is 465 g/mol. The summed E-state index contributed by atoms with van der Waals surface area (Å²) in [6.45, 7) is 9.70. The largest absolute Gasteiger partial charge is 0.450 e. The van der Waals surface area contributed by atoms with Gasteiger partial charge in [-0.2, -0.15) is 0 Å². The maximum atomic E-state index is 11.7. The van der Waals surface area contributed by atoms with Gasteiger partial charge in [0.15, 0.2) is 5.96 Å². The summed E-state index contributed by atoms with van der Waals surface area (Å²) < 4.78 is 4.99. The molecule has 1 rings (SSSR count). The molecule has 26 heavy (non-hydrogen) atoms. The van der Waals surface area contributed by atoms with Gasteiger partial charge in [0.25, 0.3) is 0 Å². The molecule has 7 nitrogen and oxygen atoms in total. The number of aromatic nitrogens is 1. The standard InChI is InChI=1S/C17H31N5O2S.HI/c1-7-24-17(23)21-14(8-12(2)3)9-19-16(18-5)22(6)10-15-11-25-13(4)20-15;/h11-12,14H,7-10H2,1-6H3,(H,18,19)(H,21,23);1H. The molecule has 2 N–H and O–H groups in total. The number of amides is 1. The van der Waals surface area contributed by atoms with Crippen LogP contribution in [0.5, 0.6) is 0 Å². The lowest BCUT2D eigenvalue weighted by molar-refractivity contribution is 0.146. The number of hydrogen-bond donors (Lipinski definition) is 2. The first-order chi connectivity index (χ1) is 11.8. The van der Waals surface area contributed by atoms with Gasteiger partial charge in [0, 0.05) is 32.1 Å². The van der Waals surface area contributed by atoms with E-state index in [1.165, 1.54) is 0 Å². The number of guanidine groups is 1. The smallest absolute Gasteiger partial charge is 0.407 e. The molecule has 1 unspecified atom stereocenters. The summed E-state index contributed by atoms with van der Waals surface area (Å²) in [6.07, 6.45) is 0.480. The highest BCUT2D eigenvalue weighted by atomic mass is 127. The summed E-state index contributed by atoms with van der Waals surface area (Å²) in [5, 5.41) is 9.36. The van der Waals surface area contributed by atoms with Crippen molar-refractivity contribution in [2.45, 2.75) is 46.7 Å². The van der Waals surface area contributed by atoms with Crippen LogP contribution in [0.25, 0.3) is 0 Å². The minimum atomic E-state index is -0.378. The van der Waals surface area contributed by atoms with Crippen molar-refractivity contribution in [1.82, 2.24) is 20.5 Å². The number of aryl methyl sites for hydroxylation is 1. The van der Waals surface area contributed by atoms with Crippen LogP contribution in [-0.2, 0) is 11.3 Å². The molecule has 9 heteroatoms. The summed E-state index contributed by atoms with van der Waals surface area (Å²) in [5.74, 6) is 1.23. The van der Waals surface area contributed by atoms with Gasteiger partial charge in [-0.3, -0.25) is 4.99 Å². The van der Waals surface area contributed by atoms with Gasteiger partial charge in [-0.15, -0.1) is 35.3 Å². The van der Waals surface area contributed by atoms with E-state index in [9.17, 15) is 4.79 Å². The fourth-order valence-electron chi connectivity index (χ4n) is 2.50. The maximum Gasteiger partial charge on any atom is 0.407 e. The lowest BCUT2D eigenvalue weighted by atomic mass is 10.0. The zero-order chi connectivity index (χ0) is 18.8. The third kappa shape index (κ3) is 9.56. The van der Waals surface area contributed by atoms with Gasteiger partial charge in [0.05, 0.1) is 23.9 Å². The molecule has 1 aromatic heterocycles. The van der Waals surface area contributed by atoms with Crippen LogP contribution in [0.1, 0.15) is 37.9 Å². The van der Waals surface area contributed by atoms with E-state index in [1.54, 1.807) is 25.3 Å². The Labute approximate surface area is 178 Å². The highest BCUT2D eigenvalue weighted by molar-refractivity contribution is 14.0. The Kier molecular flexibility index (Phi) is 12.6. The van der Waals surface area contributed by atoms with E-state index in [2.05, 4.69) is 39.8 Å². The first-order valence-corrected chi connectivity index (χ1v) is 9.49. The van der Waals surface area contributed by atoms with Crippen LogP contribution in [0.4, 0.5) is 4.79 Å². The quantitative estimate of drug-likeness (QED) is 0.328. The van der Waals surface area contributed by atoms with Gasteiger partial charge in [-0.25, -0.2) is 9.78 Å². The molecule has 1 atom stereocenters. The molecule has 1 amide bonds. The predicted octanol–water partition coefficient (Wildman–Crippen LogP) is 3.24. The fourth-order valence-corrected chi connectivity index (χ4v) is 3.10. The second-order valence-corrected chi connectivity index (χ2v) is 7.40. The van der Waals surface area contributed by atoms with E-state index < -0.39 is 0 Å². The molecule has 1 heterocycles. The SMILES string of the molecule is CCOC(=O)NC(CNC(=NC)N(C)Cc1csc(C)n1)CC(C)C.I. The summed E-state index contributed by atoms with van der Waals surface area (Å²) >= 11 is 1.64. The molecule has 0 fully saturated rings. The molecule has 0 aliphatic carbocycles. The number of nitrogens with one attached hydrogen (secondary N) is 2. The molecule has 1 aromatic rings. The van der Waals surface area contributed by atoms with Crippen molar-refractivity contribution in [1.29, 1.82) is 0 Å². The normalized spacial score (nSPS) is 12.3. The Bertz CT molecular complexity index is 565. The highest BCUT2D eigenvalue weighted by Gasteiger charge is 2.16. The number of ether oxygens (including phenoxy) is 1. The summed E-state index contributed by atoms with van der Waals surface area (Å²) in [6, 6.07) is -0.0225. The summed E-state index contributed by atoms with van der Waals surface area (Å²) in [4.78, 5) is 22.5. The third-order valence-electron chi connectivity index (χ3n) is 3.50. The van der Waals surface area contributed by atoms with Gasteiger partial charge in [-0.05, 0) is 26.2 Å². The van der Waals surface area contributed by atoms with Crippen LogP contribution in [-0.4, -0.2) is 55.2 Å². The second-order valence-electron chi connectivity index (χ2n) is 6.33. The van der Waals surface area contributed by atoms with E-state index in [4.69, 9.17) is 4.74 Å². The average Bonchev–Trinajstić information content (AvgIpc) is 2.92. The molecule has 0 bridgehead atoms. The van der Waals surface area contributed by atoms with E-state index in [-0.39, 0.29) is 36.1 Å². The van der Waals surface area contributed by atoms with Gasteiger partial charge in [0.2, 0.25) is 0 Å². The molecule has 0 spiro atoms. The first-order valence-electron chi connectivity index (χ1n) is 8.61. The van der Waals surface area contributed by atoms with Gasteiger partial charge in [-0.1, -0.05) is 13.8 Å². The Morgan fingerprint density at radius 2 is 2.15 bits per heavy atom. The number of rotatable bonds is 8. The van der Waals surface area contributed by atoms with Crippen LogP contribution >= 0.6 is 35.3 Å². The summed E-state index contributed by atoms with van der Waals surface area (Å²) in [5.41, 5.74) is 1.02. The fraction of sp³-hybridized carbons (Fsp3) is 0.706. The highest BCUT2D eigenvalue weighted by Crippen LogP contribution is 2.10. The van der Waals surface area contributed by atoms with Crippen LogP contribution in [0.2, 0.25) is 0 Å². The number of hydrogen-bond acceptors (Lipinski definition) is 5. The van der Waals surface area contributed by atoms with Crippen molar-refractivity contribution >= 4 is 47.4 Å². The zero-order valence-electron chi connectivity index (χ0n) is 16.5. The molecular formula is C17H32IN5O2S. The molecule has 0 aliphatic rings. The molecule has 0 aromatic carbocycles.